The van der Waals surface area contributed by atoms with Crippen LogP contribution < -0.4 is 11.1 Å². The lowest BCUT2D eigenvalue weighted by Crippen LogP contribution is -2.36. The Hall–Kier alpha value is -1.08. The first kappa shape index (κ1) is 17.7. The van der Waals surface area contributed by atoms with Gasteiger partial charge in [0.25, 0.3) is 5.91 Å². The lowest BCUT2D eigenvalue weighted by Gasteiger charge is -2.33. The summed E-state index contributed by atoms with van der Waals surface area (Å²) in [6, 6.07) is -0.289. The van der Waals surface area contributed by atoms with E-state index >= 15 is 0 Å². The number of fused-ring (bicyclic) bond motifs is 1. The molecule has 24 heavy (non-hydrogen) atoms. The van der Waals surface area contributed by atoms with Crippen molar-refractivity contribution in [2.24, 2.45) is 11.3 Å². The van der Waals surface area contributed by atoms with Gasteiger partial charge in [0.05, 0.1) is 22.1 Å². The van der Waals surface area contributed by atoms with Crippen LogP contribution in [0, 0.1) is 11.3 Å². The minimum absolute atomic E-state index is 0.0388. The Kier molecular flexibility index (Phi) is 4.45. The van der Waals surface area contributed by atoms with E-state index in [4.69, 9.17) is 5.73 Å². The van der Waals surface area contributed by atoms with Gasteiger partial charge in [-0.05, 0) is 42.6 Å². The number of carbonyl (C=O) groups is 1. The maximum Gasteiger partial charge on any atom is 0.254 e. The van der Waals surface area contributed by atoms with Gasteiger partial charge in [-0.15, -0.1) is 11.3 Å². The molecule has 134 valence electrons. The fourth-order valence-corrected chi connectivity index (χ4v) is 6.63. The molecule has 0 spiro atoms. The van der Waals surface area contributed by atoms with Crippen molar-refractivity contribution in [2.75, 3.05) is 17.2 Å². The van der Waals surface area contributed by atoms with Gasteiger partial charge >= 0.3 is 0 Å². The van der Waals surface area contributed by atoms with Crippen molar-refractivity contribution in [1.29, 1.82) is 0 Å². The SMILES string of the molecule is CC(C)(C)[C@@H]1CCc2c(sc(N)c2C(=O)N[C@H]2CCS(=O)(=O)C2)C1. The highest BCUT2D eigenvalue weighted by Gasteiger charge is 2.35. The number of amides is 1. The van der Waals surface area contributed by atoms with Crippen molar-refractivity contribution in [2.45, 2.75) is 52.5 Å². The predicted octanol–water partition coefficient (Wildman–Crippen LogP) is 2.40. The summed E-state index contributed by atoms with van der Waals surface area (Å²) in [5.74, 6) is 0.583. The molecule has 7 heteroatoms. The molecule has 2 aliphatic rings. The first-order chi connectivity index (χ1) is 11.1. The summed E-state index contributed by atoms with van der Waals surface area (Å²) in [7, 11) is -3.00. The summed E-state index contributed by atoms with van der Waals surface area (Å²) in [4.78, 5) is 13.9. The summed E-state index contributed by atoms with van der Waals surface area (Å²) in [6.07, 6.45) is 3.40. The van der Waals surface area contributed by atoms with Gasteiger partial charge in [0.15, 0.2) is 9.84 Å². The van der Waals surface area contributed by atoms with E-state index < -0.39 is 9.84 Å². The van der Waals surface area contributed by atoms with E-state index in [0.717, 1.165) is 24.8 Å². The zero-order chi connectivity index (χ0) is 17.7. The largest absolute Gasteiger partial charge is 0.390 e. The minimum Gasteiger partial charge on any atom is -0.390 e. The van der Waals surface area contributed by atoms with E-state index in [1.165, 1.54) is 16.2 Å². The number of hydrogen-bond acceptors (Lipinski definition) is 5. The van der Waals surface area contributed by atoms with Gasteiger partial charge in [0.1, 0.15) is 0 Å². The normalized spacial score (nSPS) is 26.1. The molecule has 1 aromatic rings. The monoisotopic (exact) mass is 370 g/mol. The topological polar surface area (TPSA) is 89.3 Å². The van der Waals surface area contributed by atoms with Crippen molar-refractivity contribution in [1.82, 2.24) is 5.32 Å². The highest BCUT2D eigenvalue weighted by molar-refractivity contribution is 7.91. The average molecular weight is 371 g/mol. The number of nitrogens with one attached hydrogen (secondary N) is 1. The lowest BCUT2D eigenvalue weighted by atomic mass is 9.72. The van der Waals surface area contributed by atoms with Gasteiger partial charge in [-0.3, -0.25) is 4.79 Å². The number of sulfone groups is 1. The van der Waals surface area contributed by atoms with E-state index in [9.17, 15) is 13.2 Å². The van der Waals surface area contributed by atoms with Crippen LogP contribution in [0.3, 0.4) is 0 Å². The van der Waals surface area contributed by atoms with Crippen LogP contribution in [0.2, 0.25) is 0 Å². The average Bonchev–Trinajstić information content (AvgIpc) is 2.95. The number of rotatable bonds is 2. The molecule has 0 aromatic carbocycles. The standard InChI is InChI=1S/C17H26N2O3S2/c1-17(2,3)10-4-5-12-13(8-10)23-15(18)14(12)16(20)19-11-6-7-24(21,22)9-11/h10-11H,4-9,18H2,1-3H3,(H,19,20)/t10-,11+/m1/s1. The van der Waals surface area contributed by atoms with Crippen LogP contribution in [0.5, 0.6) is 0 Å². The zero-order valence-corrected chi connectivity index (χ0v) is 16.1. The van der Waals surface area contributed by atoms with Crippen LogP contribution in [0.4, 0.5) is 5.00 Å². The quantitative estimate of drug-likeness (QED) is 0.836. The Morgan fingerprint density at radius 2 is 2.00 bits per heavy atom. The van der Waals surface area contributed by atoms with E-state index in [1.54, 1.807) is 0 Å². The van der Waals surface area contributed by atoms with Crippen molar-refractivity contribution >= 4 is 32.1 Å². The summed E-state index contributed by atoms with van der Waals surface area (Å²) >= 11 is 1.52. The minimum atomic E-state index is -3.00. The fraction of sp³-hybridized carbons (Fsp3) is 0.706. The summed E-state index contributed by atoms with van der Waals surface area (Å²) in [5, 5.41) is 3.44. The smallest absolute Gasteiger partial charge is 0.254 e. The Morgan fingerprint density at radius 3 is 2.58 bits per heavy atom. The Labute approximate surface area is 147 Å². The number of nitrogens with two attached hydrogens (primary N) is 1. The van der Waals surface area contributed by atoms with E-state index in [2.05, 4.69) is 26.1 Å². The lowest BCUT2D eigenvalue weighted by molar-refractivity contribution is 0.0941. The molecule has 1 aliphatic carbocycles. The zero-order valence-electron chi connectivity index (χ0n) is 14.5. The molecule has 5 nitrogen and oxygen atoms in total. The predicted molar refractivity (Wildman–Crippen MR) is 98.2 cm³/mol. The number of anilines is 1. The van der Waals surface area contributed by atoms with Crippen LogP contribution in [0.1, 0.15) is 54.4 Å². The Bertz CT molecular complexity index is 760. The van der Waals surface area contributed by atoms with Crippen LogP contribution in [-0.4, -0.2) is 31.9 Å². The molecule has 1 fully saturated rings. The van der Waals surface area contributed by atoms with Gasteiger partial charge in [-0.2, -0.15) is 0 Å². The van der Waals surface area contributed by atoms with Gasteiger partial charge in [-0.1, -0.05) is 20.8 Å². The summed E-state index contributed by atoms with van der Waals surface area (Å²) in [5.41, 5.74) is 8.06. The van der Waals surface area contributed by atoms with Crippen LogP contribution in [0.15, 0.2) is 0 Å². The molecule has 1 saturated heterocycles. The van der Waals surface area contributed by atoms with Gasteiger partial charge < -0.3 is 11.1 Å². The molecule has 1 aliphatic heterocycles. The molecule has 1 amide bonds. The van der Waals surface area contributed by atoms with Gasteiger partial charge in [0, 0.05) is 10.9 Å². The Balaban J connectivity index is 1.78. The highest BCUT2D eigenvalue weighted by atomic mass is 32.2. The molecule has 0 radical (unpaired) electrons. The molecular formula is C17H26N2O3S2. The number of carbonyl (C=O) groups excluding carboxylic acids is 1. The third-order valence-electron chi connectivity index (χ3n) is 5.31. The van der Waals surface area contributed by atoms with Crippen molar-refractivity contribution < 1.29 is 13.2 Å². The second-order valence-corrected chi connectivity index (χ2v) is 11.5. The van der Waals surface area contributed by atoms with E-state index in [-0.39, 0.29) is 28.9 Å². The fourth-order valence-electron chi connectivity index (χ4n) is 3.76. The molecule has 0 saturated carbocycles. The summed E-state index contributed by atoms with van der Waals surface area (Å²) in [6.45, 7) is 6.77. The molecule has 2 atom stereocenters. The number of nitrogen functional groups attached to an aromatic ring is 1. The number of hydrogen-bond donors (Lipinski definition) is 2. The maximum atomic E-state index is 12.7. The van der Waals surface area contributed by atoms with E-state index in [1.807, 2.05) is 0 Å². The van der Waals surface area contributed by atoms with Crippen LogP contribution in [0.25, 0.3) is 0 Å². The molecule has 3 rings (SSSR count). The third kappa shape index (κ3) is 3.47. The van der Waals surface area contributed by atoms with E-state index in [0.29, 0.717) is 22.9 Å². The second-order valence-electron chi connectivity index (χ2n) is 8.12. The molecule has 0 bridgehead atoms. The van der Waals surface area contributed by atoms with Gasteiger partial charge in [0.2, 0.25) is 0 Å². The van der Waals surface area contributed by atoms with Crippen molar-refractivity contribution in [3.05, 3.63) is 16.0 Å². The number of thiophene rings is 1. The van der Waals surface area contributed by atoms with Crippen molar-refractivity contribution in [3.8, 4) is 0 Å². The Morgan fingerprint density at radius 1 is 1.29 bits per heavy atom. The first-order valence-corrected chi connectivity index (χ1v) is 11.1. The van der Waals surface area contributed by atoms with Crippen LogP contribution >= 0.6 is 11.3 Å². The van der Waals surface area contributed by atoms with Gasteiger partial charge in [-0.25, -0.2) is 8.42 Å². The molecule has 1 aromatic heterocycles. The third-order valence-corrected chi connectivity index (χ3v) is 8.16. The molecular weight excluding hydrogens is 344 g/mol. The second kappa shape index (κ2) is 6.02. The molecule has 3 N–H and O–H groups in total. The van der Waals surface area contributed by atoms with Crippen LogP contribution in [-0.2, 0) is 22.7 Å². The molecule has 0 unspecified atom stereocenters. The highest BCUT2D eigenvalue weighted by Crippen LogP contribution is 2.43. The van der Waals surface area contributed by atoms with Crippen molar-refractivity contribution in [3.63, 3.8) is 0 Å². The maximum absolute atomic E-state index is 12.7. The first-order valence-electron chi connectivity index (χ1n) is 8.48. The molecule has 2 heterocycles. The summed E-state index contributed by atoms with van der Waals surface area (Å²) < 4.78 is 23.1.